The first-order valence-electron chi connectivity index (χ1n) is 6.69. The third-order valence-corrected chi connectivity index (χ3v) is 3.64. The second kappa shape index (κ2) is 5.87. The van der Waals surface area contributed by atoms with Crippen LogP contribution in [0.4, 0.5) is 0 Å². The van der Waals surface area contributed by atoms with E-state index in [-0.39, 0.29) is 5.91 Å². The summed E-state index contributed by atoms with van der Waals surface area (Å²) in [6.07, 6.45) is 1.85. The zero-order valence-electron chi connectivity index (χ0n) is 11.0. The van der Waals surface area contributed by atoms with E-state index in [2.05, 4.69) is 17.4 Å². The van der Waals surface area contributed by atoms with Crippen LogP contribution in [0.25, 0.3) is 0 Å². The standard InChI is InChI=1S/C15H19NO3/c1-2-13(15(18)19)16-14(17)9-11-8-12(11)10-6-4-3-5-7-10/h3-7,11-13H,2,8-9H2,1H3,(H,16,17)(H,18,19)/t11-,12-,13?/m0/s1. The Morgan fingerprint density at radius 1 is 1.37 bits per heavy atom. The van der Waals surface area contributed by atoms with Crippen molar-refractivity contribution in [2.45, 2.75) is 38.1 Å². The molecule has 4 nitrogen and oxygen atoms in total. The Kier molecular flexibility index (Phi) is 4.20. The van der Waals surface area contributed by atoms with E-state index in [1.807, 2.05) is 18.2 Å². The van der Waals surface area contributed by atoms with Gasteiger partial charge in [0.25, 0.3) is 0 Å². The Balaban J connectivity index is 1.81. The molecule has 1 aromatic carbocycles. The third-order valence-electron chi connectivity index (χ3n) is 3.64. The summed E-state index contributed by atoms with van der Waals surface area (Å²) in [6, 6.07) is 9.38. The number of hydrogen-bond acceptors (Lipinski definition) is 2. The van der Waals surface area contributed by atoms with E-state index in [9.17, 15) is 9.59 Å². The van der Waals surface area contributed by atoms with Crippen molar-refractivity contribution in [2.75, 3.05) is 0 Å². The van der Waals surface area contributed by atoms with Crippen molar-refractivity contribution in [3.8, 4) is 0 Å². The number of nitrogens with one attached hydrogen (secondary N) is 1. The highest BCUT2D eigenvalue weighted by Crippen LogP contribution is 2.49. The number of rotatable bonds is 6. The summed E-state index contributed by atoms with van der Waals surface area (Å²) in [6.45, 7) is 1.75. The van der Waals surface area contributed by atoms with Crippen LogP contribution in [-0.4, -0.2) is 23.0 Å². The molecule has 2 N–H and O–H groups in total. The predicted molar refractivity (Wildman–Crippen MR) is 71.8 cm³/mol. The van der Waals surface area contributed by atoms with E-state index in [1.165, 1.54) is 5.56 Å². The topological polar surface area (TPSA) is 66.4 Å². The van der Waals surface area contributed by atoms with Crippen LogP contribution < -0.4 is 5.32 Å². The SMILES string of the molecule is CCC(NC(=O)C[C@@H]1C[C@H]1c1ccccc1)C(=O)O. The van der Waals surface area contributed by atoms with Gasteiger partial charge in [-0.05, 0) is 30.2 Å². The smallest absolute Gasteiger partial charge is 0.326 e. The van der Waals surface area contributed by atoms with Crippen LogP contribution >= 0.6 is 0 Å². The zero-order chi connectivity index (χ0) is 13.8. The molecular weight excluding hydrogens is 242 g/mol. The van der Waals surface area contributed by atoms with Crippen LogP contribution in [0.3, 0.4) is 0 Å². The van der Waals surface area contributed by atoms with Gasteiger partial charge in [0.05, 0.1) is 0 Å². The van der Waals surface area contributed by atoms with E-state index < -0.39 is 12.0 Å². The van der Waals surface area contributed by atoms with Crippen molar-refractivity contribution in [3.05, 3.63) is 35.9 Å². The van der Waals surface area contributed by atoms with Gasteiger partial charge in [0.1, 0.15) is 6.04 Å². The van der Waals surface area contributed by atoms with E-state index in [4.69, 9.17) is 5.11 Å². The molecule has 3 atom stereocenters. The number of hydrogen-bond donors (Lipinski definition) is 2. The van der Waals surface area contributed by atoms with Gasteiger partial charge >= 0.3 is 5.97 Å². The molecule has 102 valence electrons. The average molecular weight is 261 g/mol. The number of carbonyl (C=O) groups excluding carboxylic acids is 1. The zero-order valence-corrected chi connectivity index (χ0v) is 11.0. The third kappa shape index (κ3) is 3.56. The molecule has 1 aromatic rings. The van der Waals surface area contributed by atoms with Gasteiger partial charge in [0, 0.05) is 6.42 Å². The lowest BCUT2D eigenvalue weighted by atomic mass is 10.1. The minimum atomic E-state index is -0.966. The highest BCUT2D eigenvalue weighted by atomic mass is 16.4. The maximum atomic E-state index is 11.8. The lowest BCUT2D eigenvalue weighted by Gasteiger charge is -2.11. The number of amides is 1. The van der Waals surface area contributed by atoms with Crippen molar-refractivity contribution >= 4 is 11.9 Å². The molecule has 1 aliphatic carbocycles. The maximum Gasteiger partial charge on any atom is 0.326 e. The summed E-state index contributed by atoms with van der Waals surface area (Å²) in [5, 5.41) is 11.5. The van der Waals surface area contributed by atoms with E-state index >= 15 is 0 Å². The number of carboxylic acids is 1. The molecule has 0 spiro atoms. The van der Waals surface area contributed by atoms with Crippen LogP contribution in [0, 0.1) is 5.92 Å². The van der Waals surface area contributed by atoms with Gasteiger partial charge < -0.3 is 10.4 Å². The summed E-state index contributed by atoms with van der Waals surface area (Å²) in [7, 11) is 0. The fourth-order valence-corrected chi connectivity index (χ4v) is 2.41. The molecule has 1 saturated carbocycles. The highest BCUT2D eigenvalue weighted by Gasteiger charge is 2.39. The Morgan fingerprint density at radius 2 is 2.05 bits per heavy atom. The summed E-state index contributed by atoms with van der Waals surface area (Å²) >= 11 is 0. The first-order chi connectivity index (χ1) is 9.11. The fraction of sp³-hybridized carbons (Fsp3) is 0.467. The molecule has 0 radical (unpaired) electrons. The number of carboxylic acid groups (broad SMARTS) is 1. The van der Waals surface area contributed by atoms with Crippen molar-refractivity contribution in [3.63, 3.8) is 0 Å². The molecule has 0 heterocycles. The lowest BCUT2D eigenvalue weighted by Crippen LogP contribution is -2.40. The molecule has 1 amide bonds. The molecule has 0 aliphatic heterocycles. The second-order valence-corrected chi connectivity index (χ2v) is 5.08. The van der Waals surface area contributed by atoms with Gasteiger partial charge in [-0.15, -0.1) is 0 Å². The monoisotopic (exact) mass is 261 g/mol. The predicted octanol–water partition coefficient (Wildman–Crippen LogP) is 2.16. The molecule has 0 saturated heterocycles. The fourth-order valence-electron chi connectivity index (χ4n) is 2.41. The number of benzene rings is 1. The van der Waals surface area contributed by atoms with E-state index in [0.29, 0.717) is 24.7 Å². The van der Waals surface area contributed by atoms with Crippen LogP contribution in [0.1, 0.15) is 37.7 Å². The van der Waals surface area contributed by atoms with Crippen molar-refractivity contribution < 1.29 is 14.7 Å². The van der Waals surface area contributed by atoms with Crippen LogP contribution in [-0.2, 0) is 9.59 Å². The van der Waals surface area contributed by atoms with Crippen molar-refractivity contribution in [1.29, 1.82) is 0 Å². The first kappa shape index (κ1) is 13.6. The van der Waals surface area contributed by atoms with E-state index in [1.54, 1.807) is 6.92 Å². The lowest BCUT2D eigenvalue weighted by molar-refractivity contribution is -0.141. The van der Waals surface area contributed by atoms with Gasteiger partial charge in [-0.2, -0.15) is 0 Å². The maximum absolute atomic E-state index is 11.8. The summed E-state index contributed by atoms with van der Waals surface area (Å²) in [4.78, 5) is 22.6. The Morgan fingerprint density at radius 3 is 2.63 bits per heavy atom. The largest absolute Gasteiger partial charge is 0.480 e. The minimum absolute atomic E-state index is 0.155. The average Bonchev–Trinajstić information content (AvgIpc) is 3.16. The molecule has 2 rings (SSSR count). The Hall–Kier alpha value is -1.84. The highest BCUT2D eigenvalue weighted by molar-refractivity contribution is 5.83. The normalized spacial score (nSPS) is 22.6. The Bertz CT molecular complexity index is 458. The molecule has 19 heavy (non-hydrogen) atoms. The minimum Gasteiger partial charge on any atom is -0.480 e. The van der Waals surface area contributed by atoms with Gasteiger partial charge in [0.2, 0.25) is 5.91 Å². The van der Waals surface area contributed by atoms with Crippen LogP contribution in [0.5, 0.6) is 0 Å². The van der Waals surface area contributed by atoms with E-state index in [0.717, 1.165) is 6.42 Å². The molecule has 1 unspecified atom stereocenters. The van der Waals surface area contributed by atoms with Crippen LogP contribution in [0.15, 0.2) is 30.3 Å². The number of carbonyl (C=O) groups is 2. The second-order valence-electron chi connectivity index (χ2n) is 5.08. The molecule has 1 fully saturated rings. The van der Waals surface area contributed by atoms with Crippen molar-refractivity contribution in [1.82, 2.24) is 5.32 Å². The van der Waals surface area contributed by atoms with Gasteiger partial charge in [-0.25, -0.2) is 4.79 Å². The summed E-state index contributed by atoms with van der Waals surface area (Å²) < 4.78 is 0. The summed E-state index contributed by atoms with van der Waals surface area (Å²) in [5.74, 6) is -0.311. The summed E-state index contributed by atoms with van der Waals surface area (Å²) in [5.41, 5.74) is 1.27. The molecular formula is C15H19NO3. The molecule has 0 bridgehead atoms. The molecule has 1 aliphatic rings. The number of aliphatic carboxylic acids is 1. The quantitative estimate of drug-likeness (QED) is 0.824. The molecule has 4 heteroatoms. The first-order valence-corrected chi connectivity index (χ1v) is 6.69. The van der Waals surface area contributed by atoms with Gasteiger partial charge in [-0.1, -0.05) is 37.3 Å². The van der Waals surface area contributed by atoms with Gasteiger partial charge in [-0.3, -0.25) is 4.79 Å². The van der Waals surface area contributed by atoms with Crippen molar-refractivity contribution in [2.24, 2.45) is 5.92 Å². The van der Waals surface area contributed by atoms with Crippen LogP contribution in [0.2, 0.25) is 0 Å². The van der Waals surface area contributed by atoms with Gasteiger partial charge in [0.15, 0.2) is 0 Å². The Labute approximate surface area is 112 Å². The molecule has 0 aromatic heterocycles.